The Morgan fingerprint density at radius 1 is 1.12 bits per heavy atom. The monoisotopic (exact) mass is 229 g/mol. The fraction of sp³-hybridized carbons (Fsp3) is 0.500. The van der Waals surface area contributed by atoms with E-state index in [0.717, 1.165) is 25.8 Å². The van der Waals surface area contributed by atoms with E-state index in [2.05, 4.69) is 55.3 Å². The Morgan fingerprint density at radius 3 is 2.53 bits per heavy atom. The lowest BCUT2D eigenvalue weighted by atomic mass is 10.1. The third kappa shape index (κ3) is 6.14. The Hall–Kier alpha value is -1.26. The fourth-order valence-corrected chi connectivity index (χ4v) is 1.67. The molecule has 1 atom stereocenters. The maximum absolute atomic E-state index is 3.52. The summed E-state index contributed by atoms with van der Waals surface area (Å²) in [5.74, 6) is 6.57. The maximum atomic E-state index is 3.52. The van der Waals surface area contributed by atoms with Gasteiger partial charge in [-0.3, -0.25) is 5.32 Å². The molecule has 0 aromatic heterocycles. The number of benzene rings is 1. The third-order valence-corrected chi connectivity index (χ3v) is 2.62. The topological polar surface area (TPSA) is 12.0 Å². The molecule has 0 aliphatic heterocycles. The van der Waals surface area contributed by atoms with Crippen molar-refractivity contribution in [2.24, 2.45) is 0 Å². The summed E-state index contributed by atoms with van der Waals surface area (Å²) in [4.78, 5) is 0. The van der Waals surface area contributed by atoms with Gasteiger partial charge in [0.1, 0.15) is 0 Å². The van der Waals surface area contributed by atoms with E-state index in [9.17, 15) is 0 Å². The van der Waals surface area contributed by atoms with Crippen molar-refractivity contribution >= 4 is 0 Å². The number of hydrogen-bond acceptors (Lipinski definition) is 1. The smallest absolute Gasteiger partial charge is 0.0692 e. The molecule has 1 aromatic rings. The van der Waals surface area contributed by atoms with Crippen molar-refractivity contribution in [2.45, 2.75) is 52.1 Å². The van der Waals surface area contributed by atoms with Crippen LogP contribution in [0.1, 0.15) is 45.1 Å². The van der Waals surface area contributed by atoms with E-state index in [-0.39, 0.29) is 0 Å². The molecule has 0 amide bonds. The molecule has 0 aliphatic carbocycles. The normalized spacial score (nSPS) is 11.6. The van der Waals surface area contributed by atoms with Crippen LogP contribution in [0.4, 0.5) is 0 Å². The predicted molar refractivity (Wildman–Crippen MR) is 74.7 cm³/mol. The lowest BCUT2D eigenvalue weighted by molar-refractivity contribution is 0.562. The van der Waals surface area contributed by atoms with Gasteiger partial charge in [-0.15, -0.1) is 5.92 Å². The molecular weight excluding hydrogens is 206 g/mol. The molecule has 0 bridgehead atoms. The summed E-state index contributed by atoms with van der Waals surface area (Å²) in [6, 6.07) is 10.8. The summed E-state index contributed by atoms with van der Waals surface area (Å²) in [7, 11) is 0. The Bertz CT molecular complexity index is 345. The van der Waals surface area contributed by atoms with E-state index in [4.69, 9.17) is 0 Å². The van der Waals surface area contributed by atoms with Crippen molar-refractivity contribution < 1.29 is 0 Å². The molecule has 1 aromatic carbocycles. The maximum Gasteiger partial charge on any atom is 0.0692 e. The molecule has 17 heavy (non-hydrogen) atoms. The average Bonchev–Trinajstić information content (AvgIpc) is 2.37. The largest absolute Gasteiger partial charge is 0.300 e. The zero-order valence-electron chi connectivity index (χ0n) is 11.0. The van der Waals surface area contributed by atoms with Gasteiger partial charge < -0.3 is 0 Å². The summed E-state index contributed by atoms with van der Waals surface area (Å²) < 4.78 is 0. The zero-order valence-corrected chi connectivity index (χ0v) is 11.0. The molecule has 92 valence electrons. The van der Waals surface area contributed by atoms with Crippen molar-refractivity contribution in [2.75, 3.05) is 0 Å². The molecule has 0 saturated heterocycles. The third-order valence-electron chi connectivity index (χ3n) is 2.62. The number of unbranched alkanes of at least 4 members (excludes halogenated alkanes) is 1. The molecule has 0 fully saturated rings. The van der Waals surface area contributed by atoms with Gasteiger partial charge in [0.2, 0.25) is 0 Å². The van der Waals surface area contributed by atoms with E-state index >= 15 is 0 Å². The molecule has 0 spiro atoms. The standard InChI is InChI=1S/C16H23N/c1-3-5-7-13-16(10-4-2)17-14-15-11-8-6-9-12-15/h6,8-9,11-12,16-17H,3-5,10,14H2,1-2H3. The van der Waals surface area contributed by atoms with E-state index in [1.807, 2.05) is 6.07 Å². The molecule has 1 rings (SSSR count). The Labute approximate surface area is 106 Å². The molecule has 0 saturated carbocycles. The number of nitrogens with one attached hydrogen (secondary N) is 1. The van der Waals surface area contributed by atoms with Crippen molar-refractivity contribution in [1.82, 2.24) is 5.32 Å². The summed E-state index contributed by atoms with van der Waals surface area (Å²) in [5.41, 5.74) is 1.32. The van der Waals surface area contributed by atoms with Gasteiger partial charge in [0.05, 0.1) is 6.04 Å². The van der Waals surface area contributed by atoms with E-state index in [0.29, 0.717) is 6.04 Å². The van der Waals surface area contributed by atoms with Gasteiger partial charge in [0.25, 0.3) is 0 Å². The predicted octanol–water partition coefficient (Wildman–Crippen LogP) is 3.75. The Kier molecular flexibility index (Phi) is 7.18. The zero-order chi connectivity index (χ0) is 12.3. The van der Waals surface area contributed by atoms with Gasteiger partial charge in [-0.25, -0.2) is 0 Å². The highest BCUT2D eigenvalue weighted by atomic mass is 14.9. The highest BCUT2D eigenvalue weighted by molar-refractivity contribution is 5.15. The van der Waals surface area contributed by atoms with Crippen molar-refractivity contribution in [3.8, 4) is 11.8 Å². The highest BCUT2D eigenvalue weighted by Crippen LogP contribution is 2.01. The van der Waals surface area contributed by atoms with Crippen LogP contribution in [-0.4, -0.2) is 6.04 Å². The SMILES string of the molecule is CCCC#CC(CCC)NCc1ccccc1. The van der Waals surface area contributed by atoms with Gasteiger partial charge in [-0.05, 0) is 18.4 Å². The first-order chi connectivity index (χ1) is 8.36. The van der Waals surface area contributed by atoms with Crippen molar-refractivity contribution in [3.63, 3.8) is 0 Å². The first-order valence-corrected chi connectivity index (χ1v) is 6.62. The van der Waals surface area contributed by atoms with Crippen LogP contribution in [0.3, 0.4) is 0 Å². The van der Waals surface area contributed by atoms with Crippen LogP contribution < -0.4 is 5.32 Å². The van der Waals surface area contributed by atoms with Gasteiger partial charge in [0.15, 0.2) is 0 Å². The second-order valence-electron chi connectivity index (χ2n) is 4.28. The van der Waals surface area contributed by atoms with Crippen LogP contribution in [0.5, 0.6) is 0 Å². The summed E-state index contributed by atoms with van der Waals surface area (Å²) >= 11 is 0. The molecule has 1 nitrogen and oxygen atoms in total. The minimum absolute atomic E-state index is 0.340. The molecule has 0 heterocycles. The Balaban J connectivity index is 2.42. The van der Waals surface area contributed by atoms with Crippen LogP contribution in [0, 0.1) is 11.8 Å². The van der Waals surface area contributed by atoms with Crippen LogP contribution in [0.25, 0.3) is 0 Å². The van der Waals surface area contributed by atoms with Crippen LogP contribution in [-0.2, 0) is 6.54 Å². The second-order valence-corrected chi connectivity index (χ2v) is 4.28. The fourth-order valence-electron chi connectivity index (χ4n) is 1.67. The van der Waals surface area contributed by atoms with Gasteiger partial charge >= 0.3 is 0 Å². The van der Waals surface area contributed by atoms with Crippen molar-refractivity contribution in [1.29, 1.82) is 0 Å². The van der Waals surface area contributed by atoms with E-state index < -0.39 is 0 Å². The van der Waals surface area contributed by atoms with Crippen LogP contribution >= 0.6 is 0 Å². The summed E-state index contributed by atoms with van der Waals surface area (Å²) in [5, 5.41) is 3.52. The highest BCUT2D eigenvalue weighted by Gasteiger charge is 2.02. The minimum atomic E-state index is 0.340. The van der Waals surface area contributed by atoms with Crippen LogP contribution in [0.15, 0.2) is 30.3 Å². The first kappa shape index (κ1) is 13.8. The van der Waals surface area contributed by atoms with Gasteiger partial charge in [-0.2, -0.15) is 0 Å². The molecule has 0 radical (unpaired) electrons. The van der Waals surface area contributed by atoms with E-state index in [1.165, 1.54) is 12.0 Å². The second kappa shape index (κ2) is 8.84. The van der Waals surface area contributed by atoms with E-state index in [1.54, 1.807) is 0 Å². The quantitative estimate of drug-likeness (QED) is 0.733. The molecule has 0 aliphatic rings. The molecule has 1 N–H and O–H groups in total. The van der Waals surface area contributed by atoms with Gasteiger partial charge in [0, 0.05) is 13.0 Å². The molecule has 1 heteroatoms. The first-order valence-electron chi connectivity index (χ1n) is 6.62. The summed E-state index contributed by atoms with van der Waals surface area (Å²) in [6.45, 7) is 5.28. The molecular formula is C16H23N. The van der Waals surface area contributed by atoms with Crippen LogP contribution in [0.2, 0.25) is 0 Å². The minimum Gasteiger partial charge on any atom is -0.300 e. The van der Waals surface area contributed by atoms with Crippen molar-refractivity contribution in [3.05, 3.63) is 35.9 Å². The lowest BCUT2D eigenvalue weighted by Gasteiger charge is -2.12. The number of rotatable bonds is 6. The summed E-state index contributed by atoms with van der Waals surface area (Å²) in [6.07, 6.45) is 4.45. The average molecular weight is 229 g/mol. The molecule has 1 unspecified atom stereocenters. The lowest BCUT2D eigenvalue weighted by Crippen LogP contribution is -2.26. The number of hydrogen-bond donors (Lipinski definition) is 1. The van der Waals surface area contributed by atoms with Gasteiger partial charge in [-0.1, -0.05) is 56.5 Å². The Morgan fingerprint density at radius 2 is 1.88 bits per heavy atom.